The minimum Gasteiger partial charge on any atom is -0.516 e. The van der Waals surface area contributed by atoms with E-state index in [4.69, 9.17) is 19.9 Å². The highest BCUT2D eigenvalue weighted by molar-refractivity contribution is 7.87. The van der Waals surface area contributed by atoms with Gasteiger partial charge in [-0.25, -0.2) is 0 Å². The Morgan fingerprint density at radius 1 is 1.33 bits per heavy atom. The summed E-state index contributed by atoms with van der Waals surface area (Å²) in [7, 11) is -4.84. The standard InChI is InChI=1S/C4H6O7S.C2H4O/c5-3(6)1-2(4(7)8)12(9,10)11;1-2-3/h2H,1H2,(H,5,6)(H,7,8)(H,9,10,11);2-3H,1H2. The number of hydrogen-bond acceptors (Lipinski definition) is 5. The van der Waals surface area contributed by atoms with Crippen molar-refractivity contribution >= 4 is 22.1 Å². The molecule has 0 amide bonds. The normalized spacial score (nSPS) is 11.8. The Bertz CT molecular complexity index is 329. The van der Waals surface area contributed by atoms with Crippen molar-refractivity contribution in [3.63, 3.8) is 0 Å². The van der Waals surface area contributed by atoms with Crippen molar-refractivity contribution in [1.82, 2.24) is 0 Å². The summed E-state index contributed by atoms with van der Waals surface area (Å²) in [6, 6.07) is 0. The molecule has 0 aromatic heterocycles. The fraction of sp³-hybridized carbons (Fsp3) is 0.333. The van der Waals surface area contributed by atoms with E-state index in [1.54, 1.807) is 0 Å². The van der Waals surface area contributed by atoms with Crippen molar-refractivity contribution in [2.45, 2.75) is 11.7 Å². The maximum atomic E-state index is 10.2. The molecule has 0 saturated heterocycles. The maximum Gasteiger partial charge on any atom is 0.325 e. The number of aliphatic hydroxyl groups excluding tert-OH is 1. The van der Waals surface area contributed by atoms with Gasteiger partial charge in [0.05, 0.1) is 12.7 Å². The molecule has 0 saturated carbocycles. The van der Waals surface area contributed by atoms with Gasteiger partial charge in [0.2, 0.25) is 0 Å². The van der Waals surface area contributed by atoms with Crippen LogP contribution in [0.4, 0.5) is 0 Å². The van der Waals surface area contributed by atoms with Crippen LogP contribution in [0.5, 0.6) is 0 Å². The zero-order valence-electron chi connectivity index (χ0n) is 7.40. The number of carboxylic acid groups (broad SMARTS) is 2. The molecule has 0 aliphatic carbocycles. The van der Waals surface area contributed by atoms with Crippen molar-refractivity contribution < 1.29 is 37.9 Å². The number of aliphatic hydroxyl groups is 1. The molecule has 0 bridgehead atoms. The lowest BCUT2D eigenvalue weighted by Crippen LogP contribution is -2.31. The lowest BCUT2D eigenvalue weighted by atomic mass is 10.3. The first-order valence-corrected chi connectivity index (χ1v) is 4.83. The molecule has 0 radical (unpaired) electrons. The Hall–Kier alpha value is -1.61. The SMILES string of the molecule is C=CO.O=C(O)CC(C(=O)O)S(=O)(=O)O. The predicted molar refractivity (Wildman–Crippen MR) is 48.1 cm³/mol. The van der Waals surface area contributed by atoms with Gasteiger partial charge in [-0.2, -0.15) is 8.42 Å². The molecule has 1 atom stereocenters. The lowest BCUT2D eigenvalue weighted by molar-refractivity contribution is -0.143. The molecular weight excluding hydrogens is 232 g/mol. The molecule has 0 spiro atoms. The van der Waals surface area contributed by atoms with E-state index < -0.39 is 33.7 Å². The number of aliphatic carboxylic acids is 2. The highest BCUT2D eigenvalue weighted by atomic mass is 32.2. The van der Waals surface area contributed by atoms with Gasteiger partial charge in [-0.15, -0.1) is 0 Å². The van der Waals surface area contributed by atoms with Crippen LogP contribution >= 0.6 is 0 Å². The van der Waals surface area contributed by atoms with Gasteiger partial charge in [0.25, 0.3) is 10.1 Å². The van der Waals surface area contributed by atoms with E-state index in [2.05, 4.69) is 6.58 Å². The van der Waals surface area contributed by atoms with Crippen LogP contribution in [0, 0.1) is 0 Å². The van der Waals surface area contributed by atoms with Gasteiger partial charge in [-0.3, -0.25) is 14.1 Å². The summed E-state index contributed by atoms with van der Waals surface area (Å²) in [5.41, 5.74) is 0. The van der Waals surface area contributed by atoms with Gasteiger partial charge < -0.3 is 15.3 Å². The van der Waals surface area contributed by atoms with E-state index in [1.165, 1.54) is 0 Å². The fourth-order valence-electron chi connectivity index (χ4n) is 0.479. The largest absolute Gasteiger partial charge is 0.516 e. The molecule has 15 heavy (non-hydrogen) atoms. The van der Waals surface area contributed by atoms with Gasteiger partial charge >= 0.3 is 11.9 Å². The molecule has 0 aromatic carbocycles. The average Bonchev–Trinajstić information content (AvgIpc) is 1.98. The number of carboxylic acids is 2. The van der Waals surface area contributed by atoms with Crippen LogP contribution in [-0.2, 0) is 19.7 Å². The minimum absolute atomic E-state index is 0.750. The average molecular weight is 242 g/mol. The van der Waals surface area contributed by atoms with Crippen LogP contribution in [0.25, 0.3) is 0 Å². The lowest BCUT2D eigenvalue weighted by Gasteiger charge is -2.04. The third-order valence-electron chi connectivity index (χ3n) is 0.995. The zero-order valence-corrected chi connectivity index (χ0v) is 8.22. The minimum atomic E-state index is -4.84. The van der Waals surface area contributed by atoms with E-state index in [0.29, 0.717) is 0 Å². The van der Waals surface area contributed by atoms with E-state index in [-0.39, 0.29) is 0 Å². The van der Waals surface area contributed by atoms with Crippen molar-refractivity contribution in [3.8, 4) is 0 Å². The van der Waals surface area contributed by atoms with Crippen molar-refractivity contribution in [1.29, 1.82) is 0 Å². The van der Waals surface area contributed by atoms with Crippen LogP contribution in [0.15, 0.2) is 12.8 Å². The molecule has 4 N–H and O–H groups in total. The van der Waals surface area contributed by atoms with Crippen LogP contribution in [0.3, 0.4) is 0 Å². The van der Waals surface area contributed by atoms with E-state index >= 15 is 0 Å². The highest BCUT2D eigenvalue weighted by Gasteiger charge is 2.33. The first-order valence-electron chi connectivity index (χ1n) is 3.32. The molecule has 0 rings (SSSR count). The van der Waals surface area contributed by atoms with Crippen LogP contribution in [0.1, 0.15) is 6.42 Å². The summed E-state index contributed by atoms with van der Waals surface area (Å²) in [6.45, 7) is 2.92. The first kappa shape index (κ1) is 15.8. The Kier molecular flexibility index (Phi) is 7.17. The maximum absolute atomic E-state index is 10.2. The summed E-state index contributed by atoms with van der Waals surface area (Å²) in [4.78, 5) is 20.0. The molecular formula is C6H10O8S. The third kappa shape index (κ3) is 8.71. The topological polar surface area (TPSA) is 149 Å². The molecule has 0 aliphatic rings. The summed E-state index contributed by atoms with van der Waals surface area (Å²) >= 11 is 0. The molecule has 0 aromatic rings. The summed E-state index contributed by atoms with van der Waals surface area (Å²) in [5.74, 6) is -3.50. The van der Waals surface area contributed by atoms with Gasteiger partial charge in [-0.05, 0) is 0 Å². The molecule has 0 aliphatic heterocycles. The van der Waals surface area contributed by atoms with Crippen molar-refractivity contribution in [2.24, 2.45) is 0 Å². The van der Waals surface area contributed by atoms with Crippen LogP contribution < -0.4 is 0 Å². The quantitative estimate of drug-likeness (QED) is 0.380. The Labute approximate surface area is 85.2 Å². The van der Waals surface area contributed by atoms with Crippen LogP contribution in [-0.4, -0.2) is 45.5 Å². The van der Waals surface area contributed by atoms with Crippen LogP contribution in [0.2, 0.25) is 0 Å². The molecule has 0 fully saturated rings. The van der Waals surface area contributed by atoms with Crippen molar-refractivity contribution in [2.75, 3.05) is 0 Å². The second kappa shape index (κ2) is 6.79. The summed E-state index contributed by atoms with van der Waals surface area (Å²) in [6.07, 6.45) is -0.409. The number of rotatable bonds is 4. The van der Waals surface area contributed by atoms with Crippen molar-refractivity contribution in [3.05, 3.63) is 12.8 Å². The smallest absolute Gasteiger partial charge is 0.325 e. The Morgan fingerprint density at radius 3 is 1.73 bits per heavy atom. The highest BCUT2D eigenvalue weighted by Crippen LogP contribution is 2.04. The molecule has 8 nitrogen and oxygen atoms in total. The second-order valence-corrected chi connectivity index (χ2v) is 3.72. The number of carbonyl (C=O) groups is 2. The molecule has 9 heteroatoms. The monoisotopic (exact) mass is 242 g/mol. The van der Waals surface area contributed by atoms with Gasteiger partial charge in [-0.1, -0.05) is 6.58 Å². The summed E-state index contributed by atoms with van der Waals surface area (Å²) < 4.78 is 28.7. The Morgan fingerprint density at radius 2 is 1.67 bits per heavy atom. The Balaban J connectivity index is 0. The van der Waals surface area contributed by atoms with E-state index in [9.17, 15) is 18.0 Å². The van der Waals surface area contributed by atoms with Gasteiger partial charge in [0.1, 0.15) is 0 Å². The van der Waals surface area contributed by atoms with E-state index in [1.807, 2.05) is 0 Å². The van der Waals surface area contributed by atoms with Gasteiger partial charge in [0.15, 0.2) is 5.25 Å². The number of hydrogen-bond donors (Lipinski definition) is 4. The third-order valence-corrected chi connectivity index (χ3v) is 2.08. The molecule has 88 valence electrons. The second-order valence-electron chi connectivity index (χ2n) is 2.12. The van der Waals surface area contributed by atoms with Gasteiger partial charge in [0, 0.05) is 0 Å². The zero-order chi connectivity index (χ0) is 12.6. The molecule has 0 heterocycles. The summed E-state index contributed by atoms with van der Waals surface area (Å²) in [5, 5.41) is 21.2. The fourth-order valence-corrected chi connectivity index (χ4v) is 1.09. The first-order chi connectivity index (χ1) is 6.66. The predicted octanol–water partition coefficient (Wildman–Crippen LogP) is -0.510. The van der Waals surface area contributed by atoms with E-state index in [0.717, 1.165) is 6.26 Å². The molecule has 1 unspecified atom stereocenters.